The van der Waals surface area contributed by atoms with Gasteiger partial charge in [0.2, 0.25) is 0 Å². The van der Waals surface area contributed by atoms with Crippen molar-refractivity contribution in [2.75, 3.05) is 24.1 Å². The Bertz CT molecular complexity index is 1280. The van der Waals surface area contributed by atoms with Crippen LogP contribution in [0, 0.1) is 6.92 Å². The molecule has 4 heterocycles. The minimum atomic E-state index is -1.26. The van der Waals surface area contributed by atoms with Crippen molar-refractivity contribution in [1.82, 2.24) is 15.2 Å². The molecule has 190 valence electrons. The highest BCUT2D eigenvalue weighted by Gasteiger charge is 2.54. The SMILES string of the molecule is Cc1c[n+](C)ccc1SCC1=C(C(=O)O)N2C(=O)C(NC(=O)C(=NOCF)c3csc(N)n3)C2CS1. The number of nitrogen functional groups attached to an aromatic ring is 1. The van der Waals surface area contributed by atoms with E-state index in [-0.39, 0.29) is 22.2 Å². The third kappa shape index (κ3) is 5.17. The summed E-state index contributed by atoms with van der Waals surface area (Å²) in [5.41, 5.74) is 6.31. The number of thioether (sulfide) groups is 2. The predicted molar refractivity (Wildman–Crippen MR) is 133 cm³/mol. The Morgan fingerprint density at radius 1 is 1.50 bits per heavy atom. The van der Waals surface area contributed by atoms with Gasteiger partial charge in [-0.05, 0) is 6.92 Å². The number of hydrogen-bond donors (Lipinski definition) is 3. The van der Waals surface area contributed by atoms with Crippen molar-refractivity contribution in [3.05, 3.63) is 45.7 Å². The molecule has 2 aliphatic heterocycles. The number of carbonyl (C=O) groups is 3. The molecular weight excluding hydrogens is 531 g/mol. The largest absolute Gasteiger partial charge is 0.477 e. The van der Waals surface area contributed by atoms with E-state index in [0.29, 0.717) is 16.4 Å². The predicted octanol–water partition coefficient (Wildman–Crippen LogP) is 1.04. The molecule has 4 rings (SSSR count). The molecule has 2 amide bonds. The first-order valence-corrected chi connectivity index (χ1v) is 13.4. The highest BCUT2D eigenvalue weighted by molar-refractivity contribution is 8.06. The molecule has 0 aromatic carbocycles. The number of aromatic nitrogens is 2. The van der Waals surface area contributed by atoms with Crippen molar-refractivity contribution >= 4 is 63.5 Å². The third-order valence-corrected chi connectivity index (χ3v) is 8.69. The second kappa shape index (κ2) is 10.8. The van der Waals surface area contributed by atoms with E-state index < -0.39 is 36.7 Å². The number of thiazole rings is 1. The van der Waals surface area contributed by atoms with E-state index in [4.69, 9.17) is 5.73 Å². The maximum absolute atomic E-state index is 13.0. The molecule has 2 aromatic rings. The van der Waals surface area contributed by atoms with Gasteiger partial charge in [0.05, 0.1) is 6.04 Å². The monoisotopic (exact) mass is 553 g/mol. The summed E-state index contributed by atoms with van der Waals surface area (Å²) in [5, 5.41) is 17.5. The van der Waals surface area contributed by atoms with E-state index in [1.54, 1.807) is 0 Å². The molecular formula is C21H22FN6O5S3+. The molecule has 0 spiro atoms. The lowest BCUT2D eigenvalue weighted by Crippen LogP contribution is -2.73. The smallest absolute Gasteiger partial charge is 0.353 e. The zero-order chi connectivity index (χ0) is 26.0. The Morgan fingerprint density at radius 3 is 2.92 bits per heavy atom. The number of rotatable bonds is 9. The van der Waals surface area contributed by atoms with Crippen molar-refractivity contribution in [2.45, 2.75) is 23.9 Å². The summed E-state index contributed by atoms with van der Waals surface area (Å²) < 4.78 is 14.4. The third-order valence-electron chi connectivity index (χ3n) is 5.43. The summed E-state index contributed by atoms with van der Waals surface area (Å²) in [6.45, 7) is 0.710. The average Bonchev–Trinajstić information content (AvgIpc) is 3.27. The van der Waals surface area contributed by atoms with Gasteiger partial charge < -0.3 is 21.0 Å². The fraction of sp³-hybridized carbons (Fsp3) is 0.333. The molecule has 11 nitrogen and oxygen atoms in total. The lowest BCUT2D eigenvalue weighted by atomic mass is 9.94. The number of aryl methyl sites for hydroxylation is 2. The van der Waals surface area contributed by atoms with Crippen LogP contribution >= 0.6 is 34.9 Å². The topological polar surface area (TPSA) is 151 Å². The fourth-order valence-corrected chi connectivity index (χ4v) is 6.76. The number of nitrogens with one attached hydrogen (secondary N) is 1. The summed E-state index contributed by atoms with van der Waals surface area (Å²) >= 11 is 3.89. The molecule has 2 aliphatic rings. The number of nitrogens with two attached hydrogens (primary N) is 1. The number of carboxylic acids is 1. The van der Waals surface area contributed by atoms with Crippen LogP contribution in [0.3, 0.4) is 0 Å². The molecule has 2 unspecified atom stereocenters. The number of fused-ring (bicyclic) bond motifs is 1. The Hall–Kier alpha value is -3.17. The minimum Gasteiger partial charge on any atom is -0.477 e. The van der Waals surface area contributed by atoms with Gasteiger partial charge in [0.1, 0.15) is 24.5 Å². The van der Waals surface area contributed by atoms with Gasteiger partial charge in [-0.3, -0.25) is 14.5 Å². The molecule has 0 bridgehead atoms. The van der Waals surface area contributed by atoms with Crippen molar-refractivity contribution < 1.29 is 33.3 Å². The van der Waals surface area contributed by atoms with Gasteiger partial charge in [-0.25, -0.2) is 18.7 Å². The van der Waals surface area contributed by atoms with Gasteiger partial charge in [-0.2, -0.15) is 0 Å². The van der Waals surface area contributed by atoms with Crippen molar-refractivity contribution in [3.63, 3.8) is 0 Å². The van der Waals surface area contributed by atoms with Crippen LogP contribution in [0.25, 0.3) is 0 Å². The Kier molecular flexibility index (Phi) is 7.80. The summed E-state index contributed by atoms with van der Waals surface area (Å²) in [6.07, 6.45) is 3.88. The molecule has 0 saturated carbocycles. The highest BCUT2D eigenvalue weighted by atomic mass is 32.2. The number of oxime groups is 1. The molecule has 36 heavy (non-hydrogen) atoms. The number of amides is 2. The first kappa shape index (κ1) is 25.9. The van der Waals surface area contributed by atoms with Crippen LogP contribution in [-0.2, 0) is 26.3 Å². The number of carbonyl (C=O) groups excluding carboxylic acids is 2. The summed E-state index contributed by atoms with van der Waals surface area (Å²) in [4.78, 5) is 49.1. The highest BCUT2D eigenvalue weighted by Crippen LogP contribution is 2.41. The van der Waals surface area contributed by atoms with Crippen molar-refractivity contribution in [2.24, 2.45) is 12.2 Å². The van der Waals surface area contributed by atoms with Crippen LogP contribution in [0.4, 0.5) is 9.52 Å². The number of nitrogens with zero attached hydrogens (tertiary/aromatic N) is 4. The number of alkyl halides is 1. The number of β-lactam (4-membered cyclic amide) rings is 1. The number of aliphatic carboxylic acids is 1. The lowest BCUT2D eigenvalue weighted by molar-refractivity contribution is -0.672. The number of halogens is 1. The molecule has 15 heteroatoms. The van der Waals surface area contributed by atoms with Gasteiger partial charge >= 0.3 is 5.97 Å². The van der Waals surface area contributed by atoms with Crippen LogP contribution in [0.1, 0.15) is 11.3 Å². The van der Waals surface area contributed by atoms with Crippen LogP contribution in [-0.4, -0.2) is 68.9 Å². The summed E-state index contributed by atoms with van der Waals surface area (Å²) in [5.74, 6) is -1.81. The second-order valence-electron chi connectivity index (χ2n) is 7.81. The molecule has 0 radical (unpaired) electrons. The van der Waals surface area contributed by atoms with Crippen LogP contribution < -0.4 is 15.6 Å². The number of hydrogen-bond acceptors (Lipinski definition) is 10. The molecule has 2 aromatic heterocycles. The van der Waals surface area contributed by atoms with Crippen molar-refractivity contribution in [3.8, 4) is 0 Å². The molecule has 0 aliphatic carbocycles. The fourth-order valence-electron chi connectivity index (χ4n) is 3.80. The first-order chi connectivity index (χ1) is 17.2. The summed E-state index contributed by atoms with van der Waals surface area (Å²) in [6, 6.07) is 0.420. The van der Waals surface area contributed by atoms with Gasteiger partial charge in [-0.1, -0.05) is 5.16 Å². The quantitative estimate of drug-likeness (QED) is 0.136. The van der Waals surface area contributed by atoms with Gasteiger partial charge in [0.15, 0.2) is 23.2 Å². The molecule has 1 fully saturated rings. The van der Waals surface area contributed by atoms with E-state index in [2.05, 4.69) is 20.3 Å². The maximum Gasteiger partial charge on any atom is 0.353 e. The Balaban J connectivity index is 1.49. The first-order valence-electron chi connectivity index (χ1n) is 10.5. The second-order valence-corrected chi connectivity index (χ2v) is 10.8. The minimum absolute atomic E-state index is 0.0697. The van der Waals surface area contributed by atoms with Gasteiger partial charge in [-0.15, -0.1) is 34.9 Å². The van der Waals surface area contributed by atoms with Crippen LogP contribution in [0.15, 0.2) is 44.5 Å². The maximum atomic E-state index is 13.0. The van der Waals surface area contributed by atoms with Gasteiger partial charge in [0, 0.05) is 38.3 Å². The van der Waals surface area contributed by atoms with E-state index in [0.717, 1.165) is 21.8 Å². The Labute approximate surface area is 217 Å². The van der Waals surface area contributed by atoms with Crippen molar-refractivity contribution in [1.29, 1.82) is 0 Å². The van der Waals surface area contributed by atoms with E-state index in [9.17, 15) is 23.9 Å². The molecule has 4 N–H and O–H groups in total. The zero-order valence-corrected chi connectivity index (χ0v) is 21.6. The lowest BCUT2D eigenvalue weighted by Gasteiger charge is -2.49. The normalized spacial score (nSPS) is 19.6. The molecule has 2 atom stereocenters. The van der Waals surface area contributed by atoms with Crippen LogP contribution in [0.2, 0.25) is 0 Å². The van der Waals surface area contributed by atoms with Crippen LogP contribution in [0.5, 0.6) is 0 Å². The molecule has 1 saturated heterocycles. The van der Waals surface area contributed by atoms with Gasteiger partial charge in [0.25, 0.3) is 18.7 Å². The van der Waals surface area contributed by atoms with E-state index in [1.807, 2.05) is 37.0 Å². The summed E-state index contributed by atoms with van der Waals surface area (Å²) in [7, 11) is 1.92. The Morgan fingerprint density at radius 2 is 2.28 bits per heavy atom. The average molecular weight is 554 g/mol. The zero-order valence-electron chi connectivity index (χ0n) is 19.1. The van der Waals surface area contributed by atoms with E-state index >= 15 is 0 Å². The standard InChI is InChI=1S/C21H21FN6O5S3/c1-10-5-27(2)4-3-13(10)35-8-14-17(20(31)32)28-12(7-34-14)16(19(28)30)25-18(29)15(26-33-9-22)11-6-36-21(23)24-11/h3-6,12,16H,7-9H2,1-2H3,(H3-,23,24,25,29,31,32)/p+1. The number of anilines is 1. The number of pyridine rings is 1. The van der Waals surface area contributed by atoms with E-state index in [1.165, 1.54) is 33.8 Å². The number of carboxylic acid groups (broad SMARTS) is 1.